The first-order valence-corrected chi connectivity index (χ1v) is 7.73. The largest absolute Gasteiger partial charge is 0.513 e. The minimum Gasteiger partial charge on any atom is -0.497 e. The monoisotopic (exact) mass is 329 g/mol. The Morgan fingerprint density at radius 1 is 1.29 bits per heavy atom. The number of rotatable bonds is 4. The van der Waals surface area contributed by atoms with E-state index in [1.54, 1.807) is 13.3 Å². The molecule has 3 rings (SSSR count). The van der Waals surface area contributed by atoms with Gasteiger partial charge in [0, 0.05) is 24.7 Å². The number of hydrogen-bond donors (Lipinski definition) is 0. The zero-order chi connectivity index (χ0) is 17.1. The van der Waals surface area contributed by atoms with Crippen LogP contribution in [0.25, 0.3) is 0 Å². The fourth-order valence-electron chi connectivity index (χ4n) is 3.06. The highest BCUT2D eigenvalue weighted by molar-refractivity contribution is 5.63. The molecule has 24 heavy (non-hydrogen) atoms. The molecule has 0 fully saturated rings. The Hall–Kier alpha value is -2.76. The number of aromatic nitrogens is 1. The Labute approximate surface area is 139 Å². The Kier molecular flexibility index (Phi) is 4.55. The molecule has 0 saturated heterocycles. The lowest BCUT2D eigenvalue weighted by molar-refractivity contribution is 0.120. The van der Waals surface area contributed by atoms with Crippen LogP contribution in [0.2, 0.25) is 0 Å². The van der Waals surface area contributed by atoms with Crippen molar-refractivity contribution < 1.29 is 19.0 Å². The number of fused-ring (bicyclic) bond motifs is 1. The van der Waals surface area contributed by atoms with E-state index in [0.29, 0.717) is 12.5 Å². The van der Waals surface area contributed by atoms with Crippen LogP contribution >= 0.6 is 0 Å². The van der Waals surface area contributed by atoms with Crippen LogP contribution in [-0.2, 0) is 17.7 Å². The number of pyridine rings is 1. The molecule has 0 N–H and O–H groups in total. The predicted octanol–water partition coefficient (Wildman–Crippen LogP) is 2.73. The number of carbonyl (C=O) groups excluding carboxylic acids is 1. The number of nitrogens with zero attached hydrogens (tertiary/aromatic N) is 1. The smallest absolute Gasteiger partial charge is 0.497 e. The molecular weight excluding hydrogens is 310 g/mol. The van der Waals surface area contributed by atoms with Crippen LogP contribution in [0.3, 0.4) is 0 Å². The molecule has 2 aromatic rings. The van der Waals surface area contributed by atoms with Gasteiger partial charge in [0.25, 0.3) is 0 Å². The van der Waals surface area contributed by atoms with Crippen molar-refractivity contribution in [2.75, 3.05) is 14.2 Å². The molecule has 1 aliphatic rings. The highest BCUT2D eigenvalue weighted by Crippen LogP contribution is 2.36. The van der Waals surface area contributed by atoms with Crippen LogP contribution in [0.4, 0.5) is 4.79 Å². The average molecular weight is 329 g/mol. The van der Waals surface area contributed by atoms with Crippen LogP contribution < -0.4 is 14.9 Å². The topological polar surface area (TPSA) is 66.8 Å². The Morgan fingerprint density at radius 2 is 2.12 bits per heavy atom. The summed E-state index contributed by atoms with van der Waals surface area (Å²) in [5, 5.41) is 0. The van der Waals surface area contributed by atoms with E-state index in [-0.39, 0.29) is 11.2 Å². The summed E-state index contributed by atoms with van der Waals surface area (Å²) in [4.78, 5) is 23.0. The standard InChI is InChI=1S/C18H19NO5/c1-22-14-6-5-12-3-4-13(15(12)9-14)10-19-8-7-16(20)17(11-19)24-18(21)23-2/h5-9,11,13H,3-4,10H2,1-2H3. The maximum absolute atomic E-state index is 11.8. The van der Waals surface area contributed by atoms with Gasteiger partial charge in [-0.3, -0.25) is 4.79 Å². The van der Waals surface area contributed by atoms with Gasteiger partial charge in [0.15, 0.2) is 5.75 Å². The molecule has 6 heteroatoms. The van der Waals surface area contributed by atoms with E-state index < -0.39 is 6.16 Å². The van der Waals surface area contributed by atoms with Gasteiger partial charge in [0.1, 0.15) is 5.75 Å². The molecule has 0 aliphatic heterocycles. The quantitative estimate of drug-likeness (QED) is 0.807. The van der Waals surface area contributed by atoms with Crippen molar-refractivity contribution in [2.24, 2.45) is 0 Å². The first-order chi connectivity index (χ1) is 11.6. The van der Waals surface area contributed by atoms with Crippen molar-refractivity contribution in [3.8, 4) is 11.5 Å². The van der Waals surface area contributed by atoms with E-state index >= 15 is 0 Å². The van der Waals surface area contributed by atoms with Gasteiger partial charge in [-0.1, -0.05) is 6.07 Å². The van der Waals surface area contributed by atoms with Gasteiger partial charge >= 0.3 is 6.16 Å². The summed E-state index contributed by atoms with van der Waals surface area (Å²) < 4.78 is 16.5. The van der Waals surface area contributed by atoms with Gasteiger partial charge in [0.2, 0.25) is 5.43 Å². The zero-order valence-electron chi connectivity index (χ0n) is 13.7. The van der Waals surface area contributed by atoms with E-state index in [1.807, 2.05) is 10.6 Å². The number of benzene rings is 1. The Bertz CT molecular complexity index is 811. The average Bonchev–Trinajstić information content (AvgIpc) is 2.99. The zero-order valence-corrected chi connectivity index (χ0v) is 13.7. The summed E-state index contributed by atoms with van der Waals surface area (Å²) in [5.41, 5.74) is 2.24. The number of methoxy groups -OCH3 is 2. The normalized spacial score (nSPS) is 15.7. The summed E-state index contributed by atoms with van der Waals surface area (Å²) in [6.07, 6.45) is 4.39. The van der Waals surface area contributed by atoms with Crippen molar-refractivity contribution in [3.63, 3.8) is 0 Å². The molecule has 1 aromatic heterocycles. The molecule has 1 atom stereocenters. The third kappa shape index (κ3) is 3.27. The first kappa shape index (κ1) is 16.1. The summed E-state index contributed by atoms with van der Waals surface area (Å²) in [7, 11) is 2.86. The predicted molar refractivity (Wildman–Crippen MR) is 87.8 cm³/mol. The molecule has 0 amide bonds. The summed E-state index contributed by atoms with van der Waals surface area (Å²) >= 11 is 0. The molecule has 1 aliphatic carbocycles. The van der Waals surface area contributed by atoms with E-state index in [0.717, 1.165) is 18.6 Å². The third-order valence-electron chi connectivity index (χ3n) is 4.29. The molecule has 0 radical (unpaired) electrons. The SMILES string of the molecule is COC(=O)Oc1cn(CC2CCc3ccc(OC)cc32)ccc1=O. The fraction of sp³-hybridized carbons (Fsp3) is 0.333. The molecule has 0 bridgehead atoms. The molecule has 1 heterocycles. The van der Waals surface area contributed by atoms with Crippen molar-refractivity contribution in [3.05, 3.63) is 58.0 Å². The van der Waals surface area contributed by atoms with Crippen LogP contribution in [0.1, 0.15) is 23.5 Å². The van der Waals surface area contributed by atoms with Crippen LogP contribution in [0, 0.1) is 0 Å². The number of carbonyl (C=O) groups is 1. The first-order valence-electron chi connectivity index (χ1n) is 7.73. The number of aryl methyl sites for hydroxylation is 1. The van der Waals surface area contributed by atoms with Crippen molar-refractivity contribution in [2.45, 2.75) is 25.3 Å². The third-order valence-corrected chi connectivity index (χ3v) is 4.29. The summed E-state index contributed by atoms with van der Waals surface area (Å²) in [6, 6.07) is 7.54. The van der Waals surface area contributed by atoms with E-state index in [2.05, 4.69) is 16.9 Å². The molecule has 1 unspecified atom stereocenters. The Balaban J connectivity index is 1.82. The van der Waals surface area contributed by atoms with Crippen molar-refractivity contribution in [1.29, 1.82) is 0 Å². The van der Waals surface area contributed by atoms with Crippen molar-refractivity contribution >= 4 is 6.16 Å². The molecule has 126 valence electrons. The minimum absolute atomic E-state index is 0.0341. The molecule has 6 nitrogen and oxygen atoms in total. The minimum atomic E-state index is -0.902. The highest BCUT2D eigenvalue weighted by Gasteiger charge is 2.23. The highest BCUT2D eigenvalue weighted by atomic mass is 16.7. The second-order valence-electron chi connectivity index (χ2n) is 5.73. The van der Waals surface area contributed by atoms with Crippen LogP contribution in [0.5, 0.6) is 11.5 Å². The summed E-state index contributed by atoms with van der Waals surface area (Å²) in [5.74, 6) is 1.13. The lowest BCUT2D eigenvalue weighted by Gasteiger charge is -2.15. The van der Waals surface area contributed by atoms with E-state index in [1.165, 1.54) is 30.5 Å². The van der Waals surface area contributed by atoms with Gasteiger partial charge in [-0.05, 0) is 36.1 Å². The molecular formula is C18H19NO5. The molecule has 0 saturated carbocycles. The fourth-order valence-corrected chi connectivity index (χ4v) is 3.06. The van der Waals surface area contributed by atoms with E-state index in [4.69, 9.17) is 9.47 Å². The lowest BCUT2D eigenvalue weighted by atomic mass is 10.0. The van der Waals surface area contributed by atoms with Gasteiger partial charge < -0.3 is 18.8 Å². The van der Waals surface area contributed by atoms with Gasteiger partial charge in [-0.2, -0.15) is 0 Å². The van der Waals surface area contributed by atoms with Crippen LogP contribution in [0.15, 0.2) is 41.5 Å². The summed E-state index contributed by atoms with van der Waals surface area (Å²) in [6.45, 7) is 0.692. The molecule has 0 spiro atoms. The van der Waals surface area contributed by atoms with E-state index in [9.17, 15) is 9.59 Å². The van der Waals surface area contributed by atoms with Gasteiger partial charge in [-0.15, -0.1) is 0 Å². The van der Waals surface area contributed by atoms with Gasteiger partial charge in [0.05, 0.1) is 20.4 Å². The maximum atomic E-state index is 11.8. The second-order valence-corrected chi connectivity index (χ2v) is 5.73. The maximum Gasteiger partial charge on any atom is 0.513 e. The molecule has 1 aromatic carbocycles. The number of ether oxygens (including phenoxy) is 3. The van der Waals surface area contributed by atoms with Gasteiger partial charge in [-0.25, -0.2) is 4.79 Å². The van der Waals surface area contributed by atoms with Crippen molar-refractivity contribution in [1.82, 2.24) is 4.57 Å². The number of hydrogen-bond acceptors (Lipinski definition) is 5. The second kappa shape index (κ2) is 6.78. The Morgan fingerprint density at radius 3 is 2.88 bits per heavy atom. The lowest BCUT2D eigenvalue weighted by Crippen LogP contribution is -2.17. The van der Waals surface area contributed by atoms with Crippen LogP contribution in [-0.4, -0.2) is 24.9 Å².